The van der Waals surface area contributed by atoms with E-state index in [1.54, 1.807) is 0 Å². The summed E-state index contributed by atoms with van der Waals surface area (Å²) in [5.41, 5.74) is -1.59. The van der Waals surface area contributed by atoms with Crippen molar-refractivity contribution in [2.24, 2.45) is 34.0 Å². The van der Waals surface area contributed by atoms with Crippen LogP contribution in [-0.2, 0) is 19.1 Å². The van der Waals surface area contributed by atoms with Crippen molar-refractivity contribution in [3.8, 4) is 0 Å². The number of ketones is 1. The fourth-order valence-corrected chi connectivity index (χ4v) is 8.16. The third-order valence-electron chi connectivity index (χ3n) is 9.08. The van der Waals surface area contributed by atoms with Crippen LogP contribution in [0.4, 0.5) is 0 Å². The topological polar surface area (TPSA) is 93.1 Å². The predicted molar refractivity (Wildman–Crippen MR) is 98.8 cm³/mol. The highest BCUT2D eigenvalue weighted by Crippen LogP contribution is 2.76. The summed E-state index contributed by atoms with van der Waals surface area (Å²) in [5, 5.41) is 23.2. The number of ether oxygens (including phenoxy) is 2. The van der Waals surface area contributed by atoms with E-state index in [2.05, 4.69) is 20.4 Å². The van der Waals surface area contributed by atoms with Gasteiger partial charge < -0.3 is 19.7 Å². The average molecular weight is 390 g/mol. The minimum absolute atomic E-state index is 0.0292. The first-order valence-electron chi connectivity index (χ1n) is 10.5. The highest BCUT2D eigenvalue weighted by molar-refractivity contribution is 6.04. The number of allylic oxidation sites excluding steroid dienone is 1. The number of hydrogen-bond donors (Lipinski definition) is 2. The molecule has 0 aromatic carbocycles. The first kappa shape index (κ1) is 18.8. The first-order valence-corrected chi connectivity index (χ1v) is 10.5. The van der Waals surface area contributed by atoms with Gasteiger partial charge in [-0.1, -0.05) is 20.4 Å². The number of aliphatic hydroxyl groups is 2. The summed E-state index contributed by atoms with van der Waals surface area (Å²) in [6.45, 7) is 9.82. The van der Waals surface area contributed by atoms with Crippen molar-refractivity contribution in [1.29, 1.82) is 0 Å². The molecule has 2 aliphatic heterocycles. The van der Waals surface area contributed by atoms with Gasteiger partial charge in [0, 0.05) is 18.3 Å². The van der Waals surface area contributed by atoms with Gasteiger partial charge in [-0.05, 0) is 54.9 Å². The highest BCUT2D eigenvalue weighted by Gasteiger charge is 2.84. The van der Waals surface area contributed by atoms with Crippen LogP contribution in [0.2, 0.25) is 0 Å². The first-order chi connectivity index (χ1) is 13.0. The summed E-state index contributed by atoms with van der Waals surface area (Å²) in [4.78, 5) is 25.4. The zero-order valence-corrected chi connectivity index (χ0v) is 16.9. The zero-order chi connectivity index (χ0) is 20.3. The Hall–Kier alpha value is -1.24. The van der Waals surface area contributed by atoms with Gasteiger partial charge in [-0.15, -0.1) is 0 Å². The Labute approximate surface area is 165 Å². The summed E-state index contributed by atoms with van der Waals surface area (Å²) in [7, 11) is 0. The number of carbonyl (C=O) groups is 2. The Morgan fingerprint density at radius 2 is 2.00 bits per heavy atom. The normalized spacial score (nSPS) is 53.5. The van der Waals surface area contributed by atoms with E-state index in [9.17, 15) is 19.8 Å². The standard InChI is InChI=1S/C22H30O6/c1-11-13-5-6-14-20-10-27-22(26,21(14,9-13)17(11)24)18(25)16(20)19(3,4)8-7-15(20)28-12(2)23/h13-16,18,25-26H,1,5-10H2,2-4H3/t13-,14+,15+,16-,18+,20-,21+,22-/m1/s1. The van der Waals surface area contributed by atoms with Gasteiger partial charge >= 0.3 is 5.97 Å². The number of hydrogen-bond acceptors (Lipinski definition) is 6. The van der Waals surface area contributed by atoms with Crippen LogP contribution in [0.3, 0.4) is 0 Å². The maximum atomic E-state index is 13.5. The van der Waals surface area contributed by atoms with E-state index in [0.29, 0.717) is 18.4 Å². The Morgan fingerprint density at radius 1 is 1.29 bits per heavy atom. The van der Waals surface area contributed by atoms with E-state index in [-0.39, 0.29) is 41.5 Å². The van der Waals surface area contributed by atoms with E-state index >= 15 is 0 Å². The second-order valence-electron chi connectivity index (χ2n) is 10.5. The molecule has 4 aliphatic carbocycles. The molecule has 154 valence electrons. The van der Waals surface area contributed by atoms with Crippen molar-refractivity contribution in [1.82, 2.24) is 0 Å². The van der Waals surface area contributed by atoms with Crippen LogP contribution in [-0.4, -0.2) is 46.6 Å². The minimum atomic E-state index is -1.91. The molecule has 6 heteroatoms. The lowest BCUT2D eigenvalue weighted by molar-refractivity contribution is -0.448. The van der Waals surface area contributed by atoms with Crippen molar-refractivity contribution in [3.05, 3.63) is 12.2 Å². The molecule has 6 rings (SSSR count). The molecule has 4 bridgehead atoms. The van der Waals surface area contributed by atoms with E-state index in [1.165, 1.54) is 6.92 Å². The SMILES string of the molecule is C=C1C(=O)[C@]23C[C@H]1CC[C@H]2[C@@]12CO[C@]3(O)[C@@H](O)[C@@H]1C(C)(C)CC[C@@H]2OC(C)=O. The van der Waals surface area contributed by atoms with Crippen LogP contribution in [0.1, 0.15) is 52.9 Å². The van der Waals surface area contributed by atoms with Gasteiger partial charge in [0.05, 0.1) is 12.0 Å². The molecule has 8 atom stereocenters. The fourth-order valence-electron chi connectivity index (χ4n) is 8.16. The molecule has 2 heterocycles. The van der Waals surface area contributed by atoms with Crippen molar-refractivity contribution in [3.63, 3.8) is 0 Å². The van der Waals surface area contributed by atoms with Crippen LogP contribution in [0, 0.1) is 34.0 Å². The maximum Gasteiger partial charge on any atom is 0.302 e. The highest BCUT2D eigenvalue weighted by atomic mass is 16.6. The van der Waals surface area contributed by atoms with Crippen molar-refractivity contribution < 1.29 is 29.3 Å². The monoisotopic (exact) mass is 390 g/mol. The van der Waals surface area contributed by atoms with Crippen LogP contribution in [0.25, 0.3) is 0 Å². The predicted octanol–water partition coefficient (Wildman–Crippen LogP) is 1.98. The summed E-state index contributed by atoms with van der Waals surface area (Å²) in [5.74, 6) is -2.91. The molecule has 2 saturated heterocycles. The second-order valence-corrected chi connectivity index (χ2v) is 10.5. The van der Waals surface area contributed by atoms with Crippen molar-refractivity contribution in [2.75, 3.05) is 6.61 Å². The van der Waals surface area contributed by atoms with Crippen LogP contribution >= 0.6 is 0 Å². The van der Waals surface area contributed by atoms with Crippen molar-refractivity contribution in [2.45, 2.75) is 70.9 Å². The Balaban J connectivity index is 1.76. The van der Waals surface area contributed by atoms with Gasteiger partial charge in [0.25, 0.3) is 0 Å². The van der Waals surface area contributed by atoms with Crippen LogP contribution < -0.4 is 0 Å². The second kappa shape index (κ2) is 5.27. The Kier molecular flexibility index (Phi) is 3.53. The molecule has 2 N–H and O–H groups in total. The molecule has 6 fully saturated rings. The third kappa shape index (κ3) is 1.77. The molecule has 4 saturated carbocycles. The molecule has 0 aromatic heterocycles. The fraction of sp³-hybridized carbons (Fsp3) is 0.818. The van der Waals surface area contributed by atoms with E-state index < -0.39 is 28.8 Å². The van der Waals surface area contributed by atoms with Gasteiger partial charge in [-0.3, -0.25) is 9.59 Å². The van der Waals surface area contributed by atoms with E-state index in [1.807, 2.05) is 0 Å². The lowest BCUT2D eigenvalue weighted by Gasteiger charge is -2.74. The zero-order valence-electron chi connectivity index (χ0n) is 16.9. The summed E-state index contributed by atoms with van der Waals surface area (Å²) >= 11 is 0. The lowest BCUT2D eigenvalue weighted by atomic mass is 9.36. The molecule has 0 aromatic rings. The molecule has 2 spiro atoms. The molecule has 6 nitrogen and oxygen atoms in total. The number of carbonyl (C=O) groups excluding carboxylic acids is 2. The quantitative estimate of drug-likeness (QED) is 0.525. The van der Waals surface area contributed by atoms with Gasteiger partial charge in [-0.2, -0.15) is 0 Å². The van der Waals surface area contributed by atoms with Gasteiger partial charge in [-0.25, -0.2) is 0 Å². The van der Waals surface area contributed by atoms with E-state index in [4.69, 9.17) is 9.47 Å². The largest absolute Gasteiger partial charge is 0.462 e. The number of aliphatic hydroxyl groups excluding tert-OH is 1. The molecule has 0 radical (unpaired) electrons. The molecule has 28 heavy (non-hydrogen) atoms. The molecular weight excluding hydrogens is 360 g/mol. The van der Waals surface area contributed by atoms with Crippen molar-refractivity contribution >= 4 is 11.8 Å². The van der Waals surface area contributed by atoms with Gasteiger partial charge in [0.15, 0.2) is 5.78 Å². The van der Waals surface area contributed by atoms with Crippen LogP contribution in [0.5, 0.6) is 0 Å². The smallest absolute Gasteiger partial charge is 0.302 e. The molecule has 0 amide bonds. The molecule has 0 unspecified atom stereocenters. The number of Topliss-reactive ketones (excluding diaryl/α,β-unsaturated/α-hetero) is 1. The summed E-state index contributed by atoms with van der Waals surface area (Å²) in [6, 6.07) is 0. The van der Waals surface area contributed by atoms with Crippen LogP contribution in [0.15, 0.2) is 12.2 Å². The lowest BCUT2D eigenvalue weighted by Crippen LogP contribution is -2.83. The maximum absolute atomic E-state index is 13.5. The van der Waals surface area contributed by atoms with Gasteiger partial charge in [0.2, 0.25) is 5.79 Å². The number of rotatable bonds is 1. The number of esters is 1. The summed E-state index contributed by atoms with van der Waals surface area (Å²) < 4.78 is 11.8. The van der Waals surface area contributed by atoms with E-state index in [0.717, 1.165) is 19.3 Å². The van der Waals surface area contributed by atoms with Gasteiger partial charge in [0.1, 0.15) is 12.2 Å². The number of fused-ring (bicyclic) bond motifs is 2. The minimum Gasteiger partial charge on any atom is -0.462 e. The Morgan fingerprint density at radius 3 is 2.68 bits per heavy atom. The molecule has 6 aliphatic rings. The molecular formula is C22H30O6. The average Bonchev–Trinajstić information content (AvgIpc) is 2.81. The Bertz CT molecular complexity index is 788. The summed E-state index contributed by atoms with van der Waals surface area (Å²) in [6.07, 6.45) is 1.85. The third-order valence-corrected chi connectivity index (χ3v) is 9.08.